The maximum Gasteiger partial charge on any atom is 0.226 e. The third-order valence-electron chi connectivity index (χ3n) is 5.80. The number of nitrogens with zero attached hydrogens (tertiary/aromatic N) is 4. The Morgan fingerprint density at radius 1 is 1.07 bits per heavy atom. The highest BCUT2D eigenvalue weighted by molar-refractivity contribution is 5.91. The summed E-state index contributed by atoms with van der Waals surface area (Å²) in [5.41, 5.74) is 7.12. The molecule has 4 aromatic rings. The molecule has 2 N–H and O–H groups in total. The van der Waals surface area contributed by atoms with E-state index in [2.05, 4.69) is 87.8 Å². The normalized spacial score (nSPS) is 13.1. The molecule has 30 heavy (non-hydrogen) atoms. The maximum absolute atomic E-state index is 4.90. The van der Waals surface area contributed by atoms with E-state index in [9.17, 15) is 0 Å². The van der Waals surface area contributed by atoms with Crippen LogP contribution >= 0.6 is 0 Å². The zero-order valence-corrected chi connectivity index (χ0v) is 17.4. The lowest BCUT2D eigenvalue weighted by atomic mass is 10.0. The van der Waals surface area contributed by atoms with Crippen LogP contribution in [0.4, 0.5) is 11.8 Å². The van der Waals surface area contributed by atoms with E-state index >= 15 is 0 Å². The summed E-state index contributed by atoms with van der Waals surface area (Å²) in [5.74, 6) is 1.61. The van der Waals surface area contributed by atoms with Crippen LogP contribution in [-0.2, 0) is 19.4 Å². The van der Waals surface area contributed by atoms with Gasteiger partial charge in [0.1, 0.15) is 5.82 Å². The molecular weight excluding hydrogens is 372 g/mol. The highest BCUT2D eigenvalue weighted by Crippen LogP contribution is 2.32. The fourth-order valence-electron chi connectivity index (χ4n) is 4.14. The van der Waals surface area contributed by atoms with Crippen molar-refractivity contribution in [2.75, 3.05) is 23.3 Å². The summed E-state index contributed by atoms with van der Waals surface area (Å²) in [6.45, 7) is 6.83. The van der Waals surface area contributed by atoms with E-state index in [1.807, 2.05) is 0 Å². The molecule has 152 valence electrons. The first kappa shape index (κ1) is 18.6. The van der Waals surface area contributed by atoms with Gasteiger partial charge in [0.05, 0.1) is 11.1 Å². The number of aromatic nitrogens is 4. The number of benzene rings is 2. The first-order chi connectivity index (χ1) is 14.7. The monoisotopic (exact) mass is 398 g/mol. The van der Waals surface area contributed by atoms with Gasteiger partial charge in [-0.3, -0.25) is 5.10 Å². The second kappa shape index (κ2) is 7.78. The van der Waals surface area contributed by atoms with Crippen LogP contribution in [-0.4, -0.2) is 33.3 Å². The molecule has 0 atom stereocenters. The summed E-state index contributed by atoms with van der Waals surface area (Å²) >= 11 is 0. The summed E-state index contributed by atoms with van der Waals surface area (Å²) in [6, 6.07) is 17.1. The molecule has 0 spiro atoms. The number of nitrogens with one attached hydrogen (secondary N) is 2. The van der Waals surface area contributed by atoms with Crippen LogP contribution in [0.3, 0.4) is 0 Å². The van der Waals surface area contributed by atoms with Crippen molar-refractivity contribution in [3.8, 4) is 0 Å². The Morgan fingerprint density at radius 3 is 2.80 bits per heavy atom. The van der Waals surface area contributed by atoms with Crippen LogP contribution in [0.2, 0.25) is 0 Å². The molecule has 2 aromatic carbocycles. The largest absolute Gasteiger partial charge is 0.354 e. The third-order valence-corrected chi connectivity index (χ3v) is 5.80. The Kier molecular flexibility index (Phi) is 4.83. The lowest BCUT2D eigenvalue weighted by Crippen LogP contribution is -2.29. The number of hydrogen-bond donors (Lipinski definition) is 2. The van der Waals surface area contributed by atoms with Crippen molar-refractivity contribution in [1.82, 2.24) is 20.2 Å². The first-order valence-corrected chi connectivity index (χ1v) is 10.5. The first-order valence-electron chi connectivity index (χ1n) is 10.5. The second-order valence-corrected chi connectivity index (χ2v) is 8.04. The van der Waals surface area contributed by atoms with Crippen LogP contribution in [0.1, 0.15) is 27.9 Å². The van der Waals surface area contributed by atoms with Crippen molar-refractivity contribution in [3.05, 3.63) is 76.5 Å². The molecule has 1 aliphatic heterocycles. The molecule has 0 amide bonds. The molecule has 6 nitrogen and oxygen atoms in total. The average Bonchev–Trinajstić information content (AvgIpc) is 3.17. The Morgan fingerprint density at radius 2 is 1.93 bits per heavy atom. The van der Waals surface area contributed by atoms with Crippen molar-refractivity contribution >= 4 is 22.8 Å². The van der Waals surface area contributed by atoms with E-state index in [4.69, 9.17) is 4.98 Å². The Hall–Kier alpha value is -3.41. The van der Waals surface area contributed by atoms with Crippen LogP contribution in [0.5, 0.6) is 0 Å². The Labute approximate surface area is 176 Å². The van der Waals surface area contributed by atoms with Crippen molar-refractivity contribution in [3.63, 3.8) is 0 Å². The summed E-state index contributed by atoms with van der Waals surface area (Å²) in [7, 11) is 0. The molecule has 0 saturated carbocycles. The average molecular weight is 399 g/mol. The summed E-state index contributed by atoms with van der Waals surface area (Å²) in [6.07, 6.45) is 1.86. The van der Waals surface area contributed by atoms with Crippen molar-refractivity contribution in [1.29, 1.82) is 0 Å². The fourth-order valence-corrected chi connectivity index (χ4v) is 4.14. The Balaban J connectivity index is 1.39. The lowest BCUT2D eigenvalue weighted by Gasteiger charge is -2.28. The highest BCUT2D eigenvalue weighted by atomic mass is 15.3. The van der Waals surface area contributed by atoms with E-state index in [1.165, 1.54) is 22.3 Å². The molecule has 0 saturated heterocycles. The quantitative estimate of drug-likeness (QED) is 0.510. The minimum Gasteiger partial charge on any atom is -0.354 e. The standard InChI is InChI=1S/C24H26N6/c1-16-8-9-17(2)19(14-16)10-12-25-24-26-22-21-20(28-29-22)11-13-30(23(21)27-24)15-18-6-4-3-5-7-18/h3-9,14H,10-13,15H2,1-2H3,(H2,25,26,27,28,29). The van der Waals surface area contributed by atoms with Crippen LogP contribution in [0, 0.1) is 13.8 Å². The molecule has 6 heteroatoms. The predicted molar refractivity (Wildman–Crippen MR) is 121 cm³/mol. The van der Waals surface area contributed by atoms with E-state index in [-0.39, 0.29) is 0 Å². The molecule has 0 radical (unpaired) electrons. The van der Waals surface area contributed by atoms with Crippen LogP contribution < -0.4 is 10.2 Å². The molecule has 0 unspecified atom stereocenters. The molecule has 0 aliphatic carbocycles. The maximum atomic E-state index is 4.90. The minimum atomic E-state index is 0.640. The number of aromatic amines is 1. The van der Waals surface area contributed by atoms with Crippen LogP contribution in [0.15, 0.2) is 48.5 Å². The number of hydrogen-bond acceptors (Lipinski definition) is 5. The van der Waals surface area contributed by atoms with Gasteiger partial charge in [0.25, 0.3) is 0 Å². The zero-order valence-electron chi connectivity index (χ0n) is 17.4. The van der Waals surface area contributed by atoms with Gasteiger partial charge in [-0.15, -0.1) is 0 Å². The van der Waals surface area contributed by atoms with Gasteiger partial charge in [-0.25, -0.2) is 0 Å². The fraction of sp³-hybridized carbons (Fsp3) is 0.292. The molecule has 0 fully saturated rings. The van der Waals surface area contributed by atoms with Gasteiger partial charge in [-0.2, -0.15) is 15.1 Å². The number of rotatable bonds is 6. The van der Waals surface area contributed by atoms with Crippen LogP contribution in [0.25, 0.3) is 11.0 Å². The summed E-state index contributed by atoms with van der Waals surface area (Å²) in [4.78, 5) is 11.9. The van der Waals surface area contributed by atoms with E-state index in [0.717, 1.165) is 55.0 Å². The predicted octanol–water partition coefficient (Wildman–Crippen LogP) is 4.19. The number of H-pyrrole nitrogens is 1. The minimum absolute atomic E-state index is 0.640. The van der Waals surface area contributed by atoms with Gasteiger partial charge in [0.2, 0.25) is 5.95 Å². The third kappa shape index (κ3) is 3.61. The van der Waals surface area contributed by atoms with E-state index in [0.29, 0.717) is 5.95 Å². The SMILES string of the molecule is Cc1ccc(C)c(CCNc2nc3c4c([nH]nc4n2)CCN3Cc2ccccc2)c1. The van der Waals surface area contributed by atoms with Gasteiger partial charge in [-0.05, 0) is 37.0 Å². The molecule has 3 heterocycles. The van der Waals surface area contributed by atoms with Crippen molar-refractivity contribution < 1.29 is 0 Å². The molecular formula is C24H26N6. The van der Waals surface area contributed by atoms with E-state index in [1.54, 1.807) is 0 Å². The smallest absolute Gasteiger partial charge is 0.226 e. The van der Waals surface area contributed by atoms with E-state index < -0.39 is 0 Å². The van der Waals surface area contributed by atoms with Gasteiger partial charge in [-0.1, -0.05) is 54.1 Å². The van der Waals surface area contributed by atoms with Gasteiger partial charge in [0.15, 0.2) is 5.65 Å². The summed E-state index contributed by atoms with van der Waals surface area (Å²) < 4.78 is 0. The van der Waals surface area contributed by atoms with Crippen molar-refractivity contribution in [2.24, 2.45) is 0 Å². The zero-order chi connectivity index (χ0) is 20.5. The number of aryl methyl sites for hydroxylation is 2. The molecule has 2 aromatic heterocycles. The van der Waals surface area contributed by atoms with Crippen molar-refractivity contribution in [2.45, 2.75) is 33.2 Å². The summed E-state index contributed by atoms with van der Waals surface area (Å²) in [5, 5.41) is 12.1. The molecule has 5 rings (SSSR count). The van der Waals surface area contributed by atoms with Gasteiger partial charge < -0.3 is 10.2 Å². The van der Waals surface area contributed by atoms with Gasteiger partial charge in [0, 0.05) is 26.1 Å². The Bertz CT molecular complexity index is 1180. The molecule has 0 bridgehead atoms. The highest BCUT2D eigenvalue weighted by Gasteiger charge is 2.24. The van der Waals surface area contributed by atoms with Gasteiger partial charge >= 0.3 is 0 Å². The molecule has 1 aliphatic rings. The second-order valence-electron chi connectivity index (χ2n) is 8.04. The topological polar surface area (TPSA) is 69.7 Å². The lowest BCUT2D eigenvalue weighted by molar-refractivity contribution is 0.747. The number of anilines is 2.